The normalized spacial score (nSPS) is 11.5. The molecule has 0 fully saturated rings. The molecule has 152 valence electrons. The molecule has 2 aromatic carbocycles. The topological polar surface area (TPSA) is 66.9 Å². The summed E-state index contributed by atoms with van der Waals surface area (Å²) < 4.78 is 31.2. The average Bonchev–Trinajstić information content (AvgIpc) is 2.67. The Morgan fingerprint density at radius 1 is 1.04 bits per heavy atom. The Morgan fingerprint density at radius 2 is 1.68 bits per heavy atom. The molecule has 0 saturated carbocycles. The number of hydrogen-bond acceptors (Lipinski definition) is 4. The van der Waals surface area contributed by atoms with Crippen LogP contribution in [0.4, 0.5) is 0 Å². The fourth-order valence-corrected chi connectivity index (χ4v) is 3.76. The molecule has 0 N–H and O–H groups in total. The molecule has 6 nitrogen and oxygen atoms in total. The van der Waals surface area contributed by atoms with Gasteiger partial charge in [0.1, 0.15) is 5.75 Å². The second kappa shape index (κ2) is 9.21. The van der Waals surface area contributed by atoms with Crippen LogP contribution in [0.1, 0.15) is 23.1 Å². The van der Waals surface area contributed by atoms with Crippen LogP contribution < -0.4 is 4.74 Å². The van der Waals surface area contributed by atoms with E-state index in [1.165, 1.54) is 37.1 Å². The number of amides is 1. The summed E-state index contributed by atoms with van der Waals surface area (Å²) in [4.78, 5) is 14.4. The number of ether oxygens (including phenoxy) is 1. The minimum atomic E-state index is -3.54. The van der Waals surface area contributed by atoms with Crippen molar-refractivity contribution in [3.8, 4) is 5.75 Å². The van der Waals surface area contributed by atoms with Crippen LogP contribution in [0, 0.1) is 6.92 Å². The standard InChI is InChI=1S/C21H28N2O4S/c1-16-6-8-17(9-7-16)15-23(4)21(24)13-10-18-14-19(11-12-20(18)27-5)28(25,26)22(2)3/h6-9,11-12,14H,10,13,15H2,1-5H3. The lowest BCUT2D eigenvalue weighted by Crippen LogP contribution is -2.26. The Morgan fingerprint density at radius 3 is 2.25 bits per heavy atom. The van der Waals surface area contributed by atoms with Crippen LogP contribution in [-0.2, 0) is 27.8 Å². The fourth-order valence-electron chi connectivity index (χ4n) is 2.81. The first-order valence-corrected chi connectivity index (χ1v) is 10.5. The Bertz CT molecular complexity index is 922. The van der Waals surface area contributed by atoms with Gasteiger partial charge in [-0.25, -0.2) is 12.7 Å². The van der Waals surface area contributed by atoms with Crippen LogP contribution in [0.2, 0.25) is 0 Å². The van der Waals surface area contributed by atoms with Gasteiger partial charge in [-0.15, -0.1) is 0 Å². The van der Waals surface area contributed by atoms with Crippen LogP contribution >= 0.6 is 0 Å². The van der Waals surface area contributed by atoms with E-state index in [1.54, 1.807) is 24.1 Å². The minimum absolute atomic E-state index is 0.0107. The van der Waals surface area contributed by atoms with Gasteiger partial charge in [-0.05, 0) is 42.7 Å². The molecule has 1 amide bonds. The number of benzene rings is 2. The molecule has 28 heavy (non-hydrogen) atoms. The molecule has 0 aliphatic carbocycles. The smallest absolute Gasteiger partial charge is 0.242 e. The van der Waals surface area contributed by atoms with E-state index >= 15 is 0 Å². The van der Waals surface area contributed by atoms with E-state index in [2.05, 4.69) is 0 Å². The molecule has 7 heteroatoms. The molecular formula is C21H28N2O4S. The number of nitrogens with zero attached hydrogens (tertiary/aromatic N) is 2. The van der Waals surface area contributed by atoms with Crippen molar-refractivity contribution < 1.29 is 17.9 Å². The van der Waals surface area contributed by atoms with Gasteiger partial charge in [0, 0.05) is 34.1 Å². The van der Waals surface area contributed by atoms with Crippen molar-refractivity contribution in [2.75, 3.05) is 28.3 Å². The van der Waals surface area contributed by atoms with Crippen LogP contribution in [0.15, 0.2) is 47.4 Å². The molecule has 0 atom stereocenters. The third-order valence-corrected chi connectivity index (χ3v) is 6.42. The monoisotopic (exact) mass is 404 g/mol. The van der Waals surface area contributed by atoms with Gasteiger partial charge in [-0.2, -0.15) is 0 Å². The lowest BCUT2D eigenvalue weighted by Gasteiger charge is -2.18. The van der Waals surface area contributed by atoms with E-state index in [-0.39, 0.29) is 17.2 Å². The van der Waals surface area contributed by atoms with Crippen LogP contribution in [0.25, 0.3) is 0 Å². The average molecular weight is 405 g/mol. The molecule has 0 aliphatic heterocycles. The largest absolute Gasteiger partial charge is 0.496 e. The van der Waals surface area contributed by atoms with E-state index in [4.69, 9.17) is 4.74 Å². The zero-order chi connectivity index (χ0) is 20.9. The SMILES string of the molecule is COc1ccc(S(=O)(=O)N(C)C)cc1CCC(=O)N(C)Cc1ccc(C)cc1. The highest BCUT2D eigenvalue weighted by molar-refractivity contribution is 7.89. The zero-order valence-electron chi connectivity index (χ0n) is 17.1. The van der Waals surface area contributed by atoms with E-state index in [0.29, 0.717) is 24.3 Å². The molecule has 2 rings (SSSR count). The van der Waals surface area contributed by atoms with Gasteiger partial charge in [-0.3, -0.25) is 4.79 Å². The number of carbonyl (C=O) groups excluding carboxylic acids is 1. The van der Waals surface area contributed by atoms with E-state index < -0.39 is 10.0 Å². The minimum Gasteiger partial charge on any atom is -0.496 e. The van der Waals surface area contributed by atoms with Gasteiger partial charge < -0.3 is 9.64 Å². The molecule has 0 bridgehead atoms. The molecule has 2 aromatic rings. The maximum absolute atomic E-state index is 12.5. The van der Waals surface area contributed by atoms with Gasteiger partial charge in [0.25, 0.3) is 0 Å². The highest BCUT2D eigenvalue weighted by atomic mass is 32.2. The van der Waals surface area contributed by atoms with Crippen molar-refractivity contribution in [3.63, 3.8) is 0 Å². The number of methoxy groups -OCH3 is 1. The van der Waals surface area contributed by atoms with E-state index in [1.807, 2.05) is 31.2 Å². The van der Waals surface area contributed by atoms with Crippen molar-refractivity contribution in [1.82, 2.24) is 9.21 Å². The van der Waals surface area contributed by atoms with Crippen molar-refractivity contribution >= 4 is 15.9 Å². The molecule has 0 heterocycles. The van der Waals surface area contributed by atoms with E-state index in [0.717, 1.165) is 5.56 Å². The molecule has 0 spiro atoms. The molecule has 0 aliphatic rings. The maximum Gasteiger partial charge on any atom is 0.242 e. The number of aryl methyl sites for hydroxylation is 2. The molecule has 0 aromatic heterocycles. The molecular weight excluding hydrogens is 376 g/mol. The lowest BCUT2D eigenvalue weighted by atomic mass is 10.1. The van der Waals surface area contributed by atoms with Crippen molar-refractivity contribution in [2.45, 2.75) is 31.2 Å². The highest BCUT2D eigenvalue weighted by Crippen LogP contribution is 2.25. The summed E-state index contributed by atoms with van der Waals surface area (Å²) in [5.41, 5.74) is 2.94. The van der Waals surface area contributed by atoms with Gasteiger partial charge in [0.2, 0.25) is 15.9 Å². The van der Waals surface area contributed by atoms with Crippen molar-refractivity contribution in [3.05, 3.63) is 59.2 Å². The van der Waals surface area contributed by atoms with E-state index in [9.17, 15) is 13.2 Å². The van der Waals surface area contributed by atoms with Crippen molar-refractivity contribution in [2.24, 2.45) is 0 Å². The molecule has 0 unspecified atom stereocenters. The Hall–Kier alpha value is -2.38. The first-order valence-electron chi connectivity index (χ1n) is 9.04. The summed E-state index contributed by atoms with van der Waals surface area (Å²) >= 11 is 0. The second-order valence-electron chi connectivity index (χ2n) is 7.00. The first kappa shape index (κ1) is 21.9. The number of rotatable bonds is 8. The van der Waals surface area contributed by atoms with Crippen LogP contribution in [0.5, 0.6) is 5.75 Å². The van der Waals surface area contributed by atoms with Crippen molar-refractivity contribution in [1.29, 1.82) is 0 Å². The molecule has 0 saturated heterocycles. The van der Waals surface area contributed by atoms with Gasteiger partial charge >= 0.3 is 0 Å². The maximum atomic E-state index is 12.5. The number of sulfonamides is 1. The van der Waals surface area contributed by atoms with Crippen LogP contribution in [0.3, 0.4) is 0 Å². The third-order valence-electron chi connectivity index (χ3n) is 4.60. The van der Waals surface area contributed by atoms with Gasteiger partial charge in [0.15, 0.2) is 0 Å². The van der Waals surface area contributed by atoms with Gasteiger partial charge in [0.05, 0.1) is 12.0 Å². The summed E-state index contributed by atoms with van der Waals surface area (Å²) in [6.45, 7) is 2.56. The number of hydrogen-bond donors (Lipinski definition) is 0. The summed E-state index contributed by atoms with van der Waals surface area (Å²) in [5, 5.41) is 0. The number of carbonyl (C=O) groups is 1. The highest BCUT2D eigenvalue weighted by Gasteiger charge is 2.19. The lowest BCUT2D eigenvalue weighted by molar-refractivity contribution is -0.130. The Kier molecular flexibility index (Phi) is 7.21. The van der Waals surface area contributed by atoms with Crippen LogP contribution in [-0.4, -0.2) is 51.8 Å². The summed E-state index contributed by atoms with van der Waals surface area (Å²) in [7, 11) is 2.74. The summed E-state index contributed by atoms with van der Waals surface area (Å²) in [5.74, 6) is 0.565. The quantitative estimate of drug-likeness (QED) is 0.679. The summed E-state index contributed by atoms with van der Waals surface area (Å²) in [6.07, 6.45) is 0.668. The Balaban J connectivity index is 2.09. The fraction of sp³-hybridized carbons (Fsp3) is 0.381. The zero-order valence-corrected chi connectivity index (χ0v) is 17.9. The first-order chi connectivity index (χ1) is 13.1. The predicted octanol–water partition coefficient (Wildman–Crippen LogP) is 2.85. The summed E-state index contributed by atoms with van der Waals surface area (Å²) in [6, 6.07) is 12.8. The second-order valence-corrected chi connectivity index (χ2v) is 9.15. The Labute approximate surface area is 167 Å². The third kappa shape index (κ3) is 5.33. The predicted molar refractivity (Wildman–Crippen MR) is 110 cm³/mol. The van der Waals surface area contributed by atoms with Gasteiger partial charge in [-0.1, -0.05) is 29.8 Å². The molecule has 0 radical (unpaired) electrons.